The summed E-state index contributed by atoms with van der Waals surface area (Å²) in [5.74, 6) is -0.378. The van der Waals surface area contributed by atoms with Crippen molar-refractivity contribution in [3.63, 3.8) is 0 Å². The molecule has 1 amide bonds. The van der Waals surface area contributed by atoms with Gasteiger partial charge in [0.1, 0.15) is 5.82 Å². The summed E-state index contributed by atoms with van der Waals surface area (Å²) in [6.45, 7) is 3.25. The molecule has 0 saturated carbocycles. The van der Waals surface area contributed by atoms with Crippen molar-refractivity contribution in [2.24, 2.45) is 0 Å². The minimum absolute atomic E-state index is 0. The summed E-state index contributed by atoms with van der Waals surface area (Å²) in [5.41, 5.74) is 1.01. The Balaban J connectivity index is 0.00000180. The molecule has 5 heteroatoms. The molecule has 1 fully saturated rings. The molecule has 1 saturated heterocycles. The lowest BCUT2D eigenvalue weighted by Crippen LogP contribution is -2.40. The van der Waals surface area contributed by atoms with Crippen molar-refractivity contribution in [3.8, 4) is 0 Å². The van der Waals surface area contributed by atoms with Crippen LogP contribution in [0.15, 0.2) is 18.2 Å². The van der Waals surface area contributed by atoms with Crippen LogP contribution in [0.2, 0.25) is 0 Å². The largest absolute Gasteiger partial charge is 0.334 e. The van der Waals surface area contributed by atoms with Crippen molar-refractivity contribution in [2.45, 2.75) is 25.8 Å². The number of amides is 1. The number of nitrogens with one attached hydrogen (secondary N) is 1. The quantitative estimate of drug-likeness (QED) is 0.925. The van der Waals surface area contributed by atoms with Crippen LogP contribution in [0, 0.1) is 12.7 Å². The first-order chi connectivity index (χ1) is 8.63. The number of likely N-dealkylation sites (tertiary alicyclic amines) is 1. The summed E-state index contributed by atoms with van der Waals surface area (Å²) in [4.78, 5) is 14.2. The lowest BCUT2D eigenvalue weighted by molar-refractivity contribution is 0.0736. The Morgan fingerprint density at radius 1 is 1.53 bits per heavy atom. The molecule has 1 atom stereocenters. The monoisotopic (exact) mass is 286 g/mol. The fraction of sp³-hybridized carbons (Fsp3) is 0.500. The van der Waals surface area contributed by atoms with Gasteiger partial charge < -0.3 is 10.2 Å². The Morgan fingerprint density at radius 3 is 2.89 bits per heavy atom. The van der Waals surface area contributed by atoms with Crippen molar-refractivity contribution < 1.29 is 9.18 Å². The molecule has 1 aromatic carbocycles. The van der Waals surface area contributed by atoms with Crippen LogP contribution in [0.1, 0.15) is 28.8 Å². The van der Waals surface area contributed by atoms with Crippen molar-refractivity contribution in [1.29, 1.82) is 0 Å². The van der Waals surface area contributed by atoms with Gasteiger partial charge in [-0.15, -0.1) is 12.4 Å². The molecular weight excluding hydrogens is 267 g/mol. The number of aryl methyl sites for hydroxylation is 1. The van der Waals surface area contributed by atoms with E-state index in [-0.39, 0.29) is 30.2 Å². The third-order valence-corrected chi connectivity index (χ3v) is 3.50. The van der Waals surface area contributed by atoms with Gasteiger partial charge in [0.15, 0.2) is 0 Å². The average Bonchev–Trinajstić information content (AvgIpc) is 2.80. The summed E-state index contributed by atoms with van der Waals surface area (Å²) < 4.78 is 13.5. The Labute approximate surface area is 119 Å². The predicted octanol–water partition coefficient (Wildman–Crippen LogP) is 2.38. The Bertz CT molecular complexity index is 453. The number of hydrogen-bond donors (Lipinski definition) is 1. The van der Waals surface area contributed by atoms with E-state index in [0.717, 1.165) is 25.9 Å². The Hall–Kier alpha value is -1.13. The van der Waals surface area contributed by atoms with Crippen LogP contribution >= 0.6 is 12.4 Å². The third-order valence-electron chi connectivity index (χ3n) is 3.50. The van der Waals surface area contributed by atoms with Crippen LogP contribution in [-0.2, 0) is 0 Å². The maximum atomic E-state index is 13.5. The average molecular weight is 287 g/mol. The molecular formula is C14H20ClFN2O. The van der Waals surface area contributed by atoms with E-state index in [1.54, 1.807) is 19.1 Å². The second-order valence-corrected chi connectivity index (χ2v) is 4.82. The first-order valence-electron chi connectivity index (χ1n) is 6.35. The van der Waals surface area contributed by atoms with Crippen LogP contribution in [0.4, 0.5) is 4.39 Å². The minimum atomic E-state index is -0.315. The van der Waals surface area contributed by atoms with E-state index < -0.39 is 0 Å². The van der Waals surface area contributed by atoms with Gasteiger partial charge in [-0.1, -0.05) is 6.07 Å². The van der Waals surface area contributed by atoms with Crippen LogP contribution in [-0.4, -0.2) is 37.0 Å². The summed E-state index contributed by atoms with van der Waals surface area (Å²) in [5, 5.41) is 3.10. The molecule has 0 bridgehead atoms. The Kier molecular flexibility index (Phi) is 5.76. The summed E-state index contributed by atoms with van der Waals surface area (Å²) in [7, 11) is 1.88. The van der Waals surface area contributed by atoms with Crippen LogP contribution in [0.25, 0.3) is 0 Å². The highest BCUT2D eigenvalue weighted by Gasteiger charge is 2.28. The first kappa shape index (κ1) is 15.9. The Morgan fingerprint density at radius 2 is 2.26 bits per heavy atom. The van der Waals surface area contributed by atoms with Crippen molar-refractivity contribution in [2.75, 3.05) is 20.1 Å². The van der Waals surface area contributed by atoms with E-state index in [1.807, 2.05) is 11.9 Å². The topological polar surface area (TPSA) is 32.3 Å². The standard InChI is InChI=1S/C14H19FN2O.ClH/c1-10-5-6-11(8-13(10)15)14(18)17-7-3-4-12(17)9-16-2;/h5-6,8,12,16H,3-4,7,9H2,1-2H3;1H. The fourth-order valence-electron chi connectivity index (χ4n) is 2.44. The van der Waals surface area contributed by atoms with Gasteiger partial charge in [0.2, 0.25) is 0 Å². The number of benzene rings is 1. The van der Waals surface area contributed by atoms with E-state index in [4.69, 9.17) is 0 Å². The van der Waals surface area contributed by atoms with Crippen molar-refractivity contribution >= 4 is 18.3 Å². The first-order valence-corrected chi connectivity index (χ1v) is 6.35. The van der Waals surface area contributed by atoms with Crippen molar-refractivity contribution in [1.82, 2.24) is 10.2 Å². The maximum absolute atomic E-state index is 13.5. The number of carbonyl (C=O) groups is 1. The zero-order valence-corrected chi connectivity index (χ0v) is 12.1. The molecule has 1 aliphatic rings. The second kappa shape index (κ2) is 6.87. The molecule has 0 aromatic heterocycles. The van der Waals surface area contributed by atoms with Gasteiger partial charge in [0.05, 0.1) is 0 Å². The zero-order chi connectivity index (χ0) is 13.1. The summed E-state index contributed by atoms with van der Waals surface area (Å²) in [6.07, 6.45) is 2.04. The molecule has 3 nitrogen and oxygen atoms in total. The van der Waals surface area contributed by atoms with Gasteiger partial charge in [-0.25, -0.2) is 4.39 Å². The normalized spacial score (nSPS) is 18.3. The zero-order valence-electron chi connectivity index (χ0n) is 11.3. The van der Waals surface area contributed by atoms with E-state index in [2.05, 4.69) is 5.32 Å². The highest BCUT2D eigenvalue weighted by Crippen LogP contribution is 2.20. The molecule has 1 N–H and O–H groups in total. The van der Waals surface area contributed by atoms with Gasteiger partial charge in [-0.2, -0.15) is 0 Å². The van der Waals surface area contributed by atoms with Gasteiger partial charge in [-0.3, -0.25) is 4.79 Å². The number of rotatable bonds is 3. The molecule has 1 unspecified atom stereocenters. The van der Waals surface area contributed by atoms with Crippen LogP contribution < -0.4 is 5.32 Å². The maximum Gasteiger partial charge on any atom is 0.254 e. The molecule has 0 aliphatic carbocycles. The third kappa shape index (κ3) is 3.45. The SMILES string of the molecule is CNCC1CCCN1C(=O)c1ccc(C)c(F)c1.Cl. The highest BCUT2D eigenvalue weighted by atomic mass is 35.5. The molecule has 1 aliphatic heterocycles. The predicted molar refractivity (Wildman–Crippen MR) is 76.4 cm³/mol. The number of likely N-dealkylation sites (N-methyl/N-ethyl adjacent to an activating group) is 1. The molecule has 1 heterocycles. The smallest absolute Gasteiger partial charge is 0.254 e. The van der Waals surface area contributed by atoms with E-state index >= 15 is 0 Å². The lowest BCUT2D eigenvalue weighted by Gasteiger charge is -2.24. The van der Waals surface area contributed by atoms with Crippen LogP contribution in [0.3, 0.4) is 0 Å². The molecule has 1 aromatic rings. The number of nitrogens with zero attached hydrogens (tertiary/aromatic N) is 1. The number of hydrogen-bond acceptors (Lipinski definition) is 2. The van der Waals surface area contributed by atoms with Gasteiger partial charge in [-0.05, 0) is 44.5 Å². The van der Waals surface area contributed by atoms with E-state index in [9.17, 15) is 9.18 Å². The molecule has 2 rings (SSSR count). The summed E-state index contributed by atoms with van der Waals surface area (Å²) in [6, 6.07) is 4.93. The van der Waals surface area contributed by atoms with Crippen molar-refractivity contribution in [3.05, 3.63) is 35.1 Å². The van der Waals surface area contributed by atoms with Gasteiger partial charge >= 0.3 is 0 Å². The highest BCUT2D eigenvalue weighted by molar-refractivity contribution is 5.94. The number of carbonyl (C=O) groups excluding carboxylic acids is 1. The van der Waals surface area contributed by atoms with Gasteiger partial charge in [0, 0.05) is 24.7 Å². The minimum Gasteiger partial charge on any atom is -0.334 e. The fourth-order valence-corrected chi connectivity index (χ4v) is 2.44. The number of halogens is 2. The molecule has 0 spiro atoms. The van der Waals surface area contributed by atoms with Gasteiger partial charge in [0.25, 0.3) is 5.91 Å². The molecule has 19 heavy (non-hydrogen) atoms. The summed E-state index contributed by atoms with van der Waals surface area (Å²) >= 11 is 0. The van der Waals surface area contributed by atoms with Crippen LogP contribution in [0.5, 0.6) is 0 Å². The second-order valence-electron chi connectivity index (χ2n) is 4.82. The molecule has 106 valence electrons. The lowest BCUT2D eigenvalue weighted by atomic mass is 10.1. The van der Waals surface area contributed by atoms with E-state index in [1.165, 1.54) is 6.07 Å². The molecule has 0 radical (unpaired) electrons. The van der Waals surface area contributed by atoms with E-state index in [0.29, 0.717) is 11.1 Å².